The van der Waals surface area contributed by atoms with E-state index in [-0.39, 0.29) is 0 Å². The van der Waals surface area contributed by atoms with E-state index in [2.05, 4.69) is 27.2 Å². The summed E-state index contributed by atoms with van der Waals surface area (Å²) in [5, 5.41) is 6.57. The second kappa shape index (κ2) is 7.51. The molecule has 1 heterocycles. The largest absolute Gasteiger partial charge is 0.243 e. The fraction of sp³-hybridized carbons (Fsp3) is 0.150. The Balaban J connectivity index is 1.92. The maximum absolute atomic E-state index is 4.66. The van der Waals surface area contributed by atoms with Gasteiger partial charge in [0.25, 0.3) is 0 Å². The highest BCUT2D eigenvalue weighted by atomic mass is 15.5. The number of benzene rings is 2. The first-order valence-electron chi connectivity index (χ1n) is 7.93. The molecule has 0 bridgehead atoms. The van der Waals surface area contributed by atoms with Crippen molar-refractivity contribution in [3.8, 4) is 0 Å². The third-order valence-electron chi connectivity index (χ3n) is 3.54. The van der Waals surface area contributed by atoms with Crippen LogP contribution in [0.1, 0.15) is 22.6 Å². The van der Waals surface area contributed by atoms with Gasteiger partial charge in [-0.15, -0.1) is 0 Å². The fourth-order valence-electron chi connectivity index (χ4n) is 2.44. The van der Waals surface area contributed by atoms with E-state index in [1.54, 1.807) is 0 Å². The average molecular weight is 316 g/mol. The molecule has 0 saturated heterocycles. The van der Waals surface area contributed by atoms with Crippen LogP contribution in [0.25, 0.3) is 0 Å². The summed E-state index contributed by atoms with van der Waals surface area (Å²) >= 11 is 0. The lowest BCUT2D eigenvalue weighted by atomic mass is 10.2. The number of nitrogens with zero attached hydrogens (tertiary/aromatic N) is 4. The zero-order valence-corrected chi connectivity index (χ0v) is 13.9. The number of hydrogen-bond acceptors (Lipinski definition) is 4. The number of aryl methyl sites for hydroxylation is 2. The molecule has 3 rings (SSSR count). The third-order valence-corrected chi connectivity index (χ3v) is 3.54. The van der Waals surface area contributed by atoms with Crippen molar-refractivity contribution in [2.45, 2.75) is 20.4 Å². The van der Waals surface area contributed by atoms with Crippen LogP contribution in [0, 0.1) is 13.8 Å². The Morgan fingerprint density at radius 3 is 2.25 bits per heavy atom. The molecule has 0 unspecified atom stereocenters. The highest BCUT2D eigenvalue weighted by molar-refractivity contribution is 5.80. The van der Waals surface area contributed by atoms with Crippen LogP contribution in [0.5, 0.6) is 0 Å². The smallest absolute Gasteiger partial charge is 0.153 e. The highest BCUT2D eigenvalue weighted by Crippen LogP contribution is 2.16. The zero-order valence-electron chi connectivity index (χ0n) is 13.9. The molecule has 0 aliphatic carbocycles. The molecule has 0 fully saturated rings. The molecule has 0 radical (unpaired) electrons. The first kappa shape index (κ1) is 15.9. The summed E-state index contributed by atoms with van der Waals surface area (Å²) in [4.78, 5) is 8.90. The van der Waals surface area contributed by atoms with Gasteiger partial charge >= 0.3 is 0 Å². The fourth-order valence-corrected chi connectivity index (χ4v) is 2.44. The zero-order chi connectivity index (χ0) is 16.8. The van der Waals surface area contributed by atoms with Crippen LogP contribution in [-0.4, -0.2) is 16.2 Å². The van der Waals surface area contributed by atoms with Crippen LogP contribution < -0.4 is 5.01 Å². The topological polar surface area (TPSA) is 41.4 Å². The van der Waals surface area contributed by atoms with Gasteiger partial charge in [0.05, 0.1) is 12.8 Å². The van der Waals surface area contributed by atoms with E-state index in [0.29, 0.717) is 6.54 Å². The Labute approximate surface area is 142 Å². The molecule has 0 aliphatic heterocycles. The van der Waals surface area contributed by atoms with Crippen molar-refractivity contribution in [3.63, 3.8) is 0 Å². The first-order chi connectivity index (χ1) is 11.7. The van der Waals surface area contributed by atoms with Crippen molar-refractivity contribution in [1.29, 1.82) is 0 Å². The normalized spacial score (nSPS) is 10.9. The lowest BCUT2D eigenvalue weighted by Gasteiger charge is -2.19. The molecular formula is C20H20N4. The molecule has 4 heteroatoms. The van der Waals surface area contributed by atoms with Crippen LogP contribution in [0.3, 0.4) is 0 Å². The summed E-state index contributed by atoms with van der Waals surface area (Å²) in [6.45, 7) is 4.53. The van der Waals surface area contributed by atoms with Gasteiger partial charge in [-0.05, 0) is 25.0 Å². The van der Waals surface area contributed by atoms with Crippen molar-refractivity contribution < 1.29 is 0 Å². The van der Waals surface area contributed by atoms with Crippen molar-refractivity contribution in [3.05, 3.63) is 89.4 Å². The van der Waals surface area contributed by atoms with E-state index < -0.39 is 0 Å². The second-order valence-electron chi connectivity index (χ2n) is 5.61. The molecule has 3 aromatic rings. The summed E-state index contributed by atoms with van der Waals surface area (Å²) < 4.78 is 0. The van der Waals surface area contributed by atoms with E-state index >= 15 is 0 Å². The number of aromatic nitrogens is 2. The third kappa shape index (κ3) is 4.26. The molecule has 0 saturated carbocycles. The van der Waals surface area contributed by atoms with Gasteiger partial charge in [-0.3, -0.25) is 0 Å². The van der Waals surface area contributed by atoms with Crippen molar-refractivity contribution in [2.75, 3.05) is 5.01 Å². The number of rotatable bonds is 5. The number of hydrogen-bond donors (Lipinski definition) is 0. The minimum absolute atomic E-state index is 0.653. The van der Waals surface area contributed by atoms with Crippen LogP contribution in [0.2, 0.25) is 0 Å². The standard InChI is InChI=1S/C20H20N4/c1-16-13-20(23-17(2)22-16)24(15-19-11-7-4-8-12-19)21-14-18-9-5-3-6-10-18/h3-14H,15H2,1-2H3/b21-14+. The van der Waals surface area contributed by atoms with Gasteiger partial charge in [-0.25, -0.2) is 15.0 Å². The molecule has 0 aliphatic rings. The lowest BCUT2D eigenvalue weighted by Crippen LogP contribution is -2.18. The second-order valence-corrected chi connectivity index (χ2v) is 5.61. The number of anilines is 1. The lowest BCUT2D eigenvalue weighted by molar-refractivity contribution is 0.821. The number of hydrazone groups is 1. The molecule has 1 aromatic heterocycles. The summed E-state index contributed by atoms with van der Waals surface area (Å²) in [5.74, 6) is 1.55. The van der Waals surface area contributed by atoms with Gasteiger partial charge in [-0.1, -0.05) is 60.7 Å². The minimum atomic E-state index is 0.653. The van der Waals surface area contributed by atoms with Gasteiger partial charge in [0.2, 0.25) is 0 Å². The Hall–Kier alpha value is -3.01. The van der Waals surface area contributed by atoms with E-state index in [4.69, 9.17) is 0 Å². The van der Waals surface area contributed by atoms with Crippen LogP contribution in [0.4, 0.5) is 5.82 Å². The monoisotopic (exact) mass is 316 g/mol. The Kier molecular flexibility index (Phi) is 4.96. The minimum Gasteiger partial charge on any atom is -0.243 e. The highest BCUT2D eigenvalue weighted by Gasteiger charge is 2.09. The van der Waals surface area contributed by atoms with Crippen LogP contribution in [-0.2, 0) is 6.54 Å². The summed E-state index contributed by atoms with van der Waals surface area (Å²) in [7, 11) is 0. The van der Waals surface area contributed by atoms with Gasteiger partial charge < -0.3 is 0 Å². The van der Waals surface area contributed by atoms with E-state index in [9.17, 15) is 0 Å². The van der Waals surface area contributed by atoms with Gasteiger partial charge in [0, 0.05) is 11.8 Å². The molecule has 4 nitrogen and oxygen atoms in total. The average Bonchev–Trinajstić information content (AvgIpc) is 2.59. The Morgan fingerprint density at radius 2 is 1.58 bits per heavy atom. The molecule has 0 atom stereocenters. The van der Waals surface area contributed by atoms with Gasteiger partial charge in [-0.2, -0.15) is 5.10 Å². The first-order valence-corrected chi connectivity index (χ1v) is 7.93. The van der Waals surface area contributed by atoms with E-state index in [1.165, 1.54) is 5.56 Å². The molecule has 0 amide bonds. The Bertz CT molecular complexity index is 793. The molecule has 120 valence electrons. The molecular weight excluding hydrogens is 296 g/mol. The maximum atomic E-state index is 4.66. The summed E-state index contributed by atoms with van der Waals surface area (Å²) in [5.41, 5.74) is 3.17. The maximum Gasteiger partial charge on any atom is 0.153 e. The molecule has 24 heavy (non-hydrogen) atoms. The SMILES string of the molecule is Cc1cc(N(Cc2ccccc2)/N=C/c2ccccc2)nc(C)n1. The van der Waals surface area contributed by atoms with E-state index in [1.807, 2.05) is 79.7 Å². The molecule has 0 spiro atoms. The van der Waals surface area contributed by atoms with Crippen molar-refractivity contribution >= 4 is 12.0 Å². The molecule has 0 N–H and O–H groups in total. The molecule has 2 aromatic carbocycles. The summed E-state index contributed by atoms with van der Waals surface area (Å²) in [6, 6.07) is 22.3. The van der Waals surface area contributed by atoms with Crippen molar-refractivity contribution in [1.82, 2.24) is 9.97 Å². The summed E-state index contributed by atoms with van der Waals surface area (Å²) in [6.07, 6.45) is 1.86. The van der Waals surface area contributed by atoms with Crippen molar-refractivity contribution in [2.24, 2.45) is 5.10 Å². The Morgan fingerprint density at radius 1 is 0.917 bits per heavy atom. The van der Waals surface area contributed by atoms with Gasteiger partial charge in [0.1, 0.15) is 5.82 Å². The van der Waals surface area contributed by atoms with E-state index in [0.717, 1.165) is 22.9 Å². The predicted octanol–water partition coefficient (Wildman–Crippen LogP) is 4.13. The van der Waals surface area contributed by atoms with Crippen LogP contribution >= 0.6 is 0 Å². The predicted molar refractivity (Wildman–Crippen MR) is 98.2 cm³/mol. The van der Waals surface area contributed by atoms with Gasteiger partial charge in [0.15, 0.2) is 5.82 Å². The van der Waals surface area contributed by atoms with Crippen LogP contribution in [0.15, 0.2) is 71.8 Å². The quantitative estimate of drug-likeness (QED) is 0.525.